The zero-order valence-electron chi connectivity index (χ0n) is 15.2. The fourth-order valence-corrected chi connectivity index (χ4v) is 3.31. The van der Waals surface area contributed by atoms with Crippen LogP contribution in [0.1, 0.15) is 35.0 Å². The van der Waals surface area contributed by atoms with Crippen molar-refractivity contribution in [3.63, 3.8) is 0 Å². The van der Waals surface area contributed by atoms with Gasteiger partial charge >= 0.3 is 5.97 Å². The number of carbonyl (C=O) groups excluding carboxylic acids is 2. The second kappa shape index (κ2) is 9.53. The minimum Gasteiger partial charge on any atom is -0.491 e. The summed E-state index contributed by atoms with van der Waals surface area (Å²) in [7, 11) is 0. The molecule has 1 saturated heterocycles. The molecule has 1 amide bonds. The van der Waals surface area contributed by atoms with Gasteiger partial charge in [0, 0.05) is 11.5 Å². The highest BCUT2D eigenvalue weighted by molar-refractivity contribution is 7.09. The van der Waals surface area contributed by atoms with E-state index in [1.165, 1.54) is 0 Å². The molecule has 7 heteroatoms. The standard InChI is InChI=1S/C20H23NO5S/c1-14(19(22)21-12-18-5-3-11-27-18)26-20(23)15-6-8-16(9-7-15)25-13-17-4-2-10-24-17/h3,5-9,11,14,17H,2,4,10,12-13H2,1H3,(H,21,22)/t14-,17+/m0/s1. The Morgan fingerprint density at radius 2 is 2.11 bits per heavy atom. The van der Waals surface area contributed by atoms with Crippen molar-refractivity contribution in [2.45, 2.75) is 38.5 Å². The zero-order chi connectivity index (χ0) is 19.1. The van der Waals surface area contributed by atoms with Crippen molar-refractivity contribution in [1.82, 2.24) is 5.32 Å². The van der Waals surface area contributed by atoms with E-state index >= 15 is 0 Å². The molecule has 0 spiro atoms. The number of hydrogen-bond acceptors (Lipinski definition) is 6. The Morgan fingerprint density at radius 1 is 1.30 bits per heavy atom. The first-order chi connectivity index (χ1) is 13.1. The molecule has 2 aromatic rings. The molecule has 1 aromatic carbocycles. The summed E-state index contributed by atoms with van der Waals surface area (Å²) in [6.45, 7) is 3.28. The van der Waals surface area contributed by atoms with E-state index in [-0.39, 0.29) is 12.0 Å². The summed E-state index contributed by atoms with van der Waals surface area (Å²) in [6.07, 6.45) is 1.35. The number of hydrogen-bond donors (Lipinski definition) is 1. The van der Waals surface area contributed by atoms with Gasteiger partial charge in [-0.3, -0.25) is 4.79 Å². The van der Waals surface area contributed by atoms with Crippen LogP contribution in [0.25, 0.3) is 0 Å². The number of esters is 1. The van der Waals surface area contributed by atoms with Crippen molar-refractivity contribution >= 4 is 23.2 Å². The Labute approximate surface area is 162 Å². The molecule has 0 saturated carbocycles. The van der Waals surface area contributed by atoms with E-state index in [0.29, 0.717) is 24.5 Å². The average Bonchev–Trinajstić information content (AvgIpc) is 3.38. The Bertz CT molecular complexity index is 738. The number of thiophene rings is 1. The van der Waals surface area contributed by atoms with Crippen LogP contribution in [0.2, 0.25) is 0 Å². The van der Waals surface area contributed by atoms with Crippen molar-refractivity contribution in [3.05, 3.63) is 52.2 Å². The molecule has 3 rings (SSSR count). The van der Waals surface area contributed by atoms with Crippen LogP contribution in [-0.2, 0) is 20.8 Å². The maximum atomic E-state index is 12.2. The molecule has 1 aliphatic heterocycles. The molecule has 0 unspecified atom stereocenters. The summed E-state index contributed by atoms with van der Waals surface area (Å²) in [4.78, 5) is 25.3. The van der Waals surface area contributed by atoms with Crippen LogP contribution >= 0.6 is 11.3 Å². The summed E-state index contributed by atoms with van der Waals surface area (Å²) in [5.41, 5.74) is 0.373. The van der Waals surface area contributed by atoms with Crippen molar-refractivity contribution in [2.75, 3.05) is 13.2 Å². The van der Waals surface area contributed by atoms with Crippen LogP contribution in [-0.4, -0.2) is 37.3 Å². The SMILES string of the molecule is C[C@H](OC(=O)c1ccc(OC[C@H]2CCCO2)cc1)C(=O)NCc1cccs1. The summed E-state index contributed by atoms with van der Waals surface area (Å²) in [5, 5.41) is 4.70. The fourth-order valence-electron chi connectivity index (χ4n) is 2.67. The Morgan fingerprint density at radius 3 is 2.78 bits per heavy atom. The van der Waals surface area contributed by atoms with Crippen LogP contribution in [0.15, 0.2) is 41.8 Å². The third-order valence-corrected chi connectivity index (χ3v) is 5.10. The van der Waals surface area contributed by atoms with E-state index in [2.05, 4.69) is 5.32 Å². The summed E-state index contributed by atoms with van der Waals surface area (Å²) in [5.74, 6) is -0.198. The largest absolute Gasteiger partial charge is 0.491 e. The number of carbonyl (C=O) groups is 2. The molecule has 2 atom stereocenters. The molecule has 0 bridgehead atoms. The smallest absolute Gasteiger partial charge is 0.338 e. The van der Waals surface area contributed by atoms with Gasteiger partial charge in [-0.1, -0.05) is 6.07 Å². The van der Waals surface area contributed by atoms with Gasteiger partial charge in [0.05, 0.1) is 18.2 Å². The maximum absolute atomic E-state index is 12.2. The molecule has 1 aliphatic rings. The molecule has 0 aliphatic carbocycles. The van der Waals surface area contributed by atoms with E-state index in [1.54, 1.807) is 42.5 Å². The second-order valence-corrected chi connectivity index (χ2v) is 7.35. The van der Waals surface area contributed by atoms with E-state index in [1.807, 2.05) is 17.5 Å². The summed E-state index contributed by atoms with van der Waals surface area (Å²) < 4.78 is 16.4. The lowest BCUT2D eigenvalue weighted by atomic mass is 10.2. The molecule has 27 heavy (non-hydrogen) atoms. The van der Waals surface area contributed by atoms with Crippen molar-refractivity contribution in [2.24, 2.45) is 0 Å². The van der Waals surface area contributed by atoms with E-state index in [9.17, 15) is 9.59 Å². The van der Waals surface area contributed by atoms with Gasteiger partial charge in [0.25, 0.3) is 5.91 Å². The molecule has 0 radical (unpaired) electrons. The first-order valence-corrected chi connectivity index (χ1v) is 9.85. The van der Waals surface area contributed by atoms with Crippen molar-refractivity contribution < 1.29 is 23.8 Å². The minimum atomic E-state index is -0.868. The predicted molar refractivity (Wildman–Crippen MR) is 102 cm³/mol. The van der Waals surface area contributed by atoms with Crippen LogP contribution < -0.4 is 10.1 Å². The fraction of sp³-hybridized carbons (Fsp3) is 0.400. The lowest BCUT2D eigenvalue weighted by Crippen LogP contribution is -2.35. The third kappa shape index (κ3) is 5.80. The number of nitrogens with one attached hydrogen (secondary N) is 1. The second-order valence-electron chi connectivity index (χ2n) is 6.32. The molecule has 144 valence electrons. The van der Waals surface area contributed by atoms with E-state index in [4.69, 9.17) is 14.2 Å². The highest BCUT2D eigenvalue weighted by Crippen LogP contribution is 2.17. The topological polar surface area (TPSA) is 73.9 Å². The third-order valence-electron chi connectivity index (χ3n) is 4.22. The molecule has 6 nitrogen and oxygen atoms in total. The summed E-state index contributed by atoms with van der Waals surface area (Å²) >= 11 is 1.56. The van der Waals surface area contributed by atoms with Crippen molar-refractivity contribution in [3.8, 4) is 5.75 Å². The molecular weight excluding hydrogens is 366 g/mol. The van der Waals surface area contributed by atoms with Crippen LogP contribution in [0.5, 0.6) is 5.75 Å². The van der Waals surface area contributed by atoms with Gasteiger partial charge in [-0.25, -0.2) is 4.79 Å². The quantitative estimate of drug-likeness (QED) is 0.702. The van der Waals surface area contributed by atoms with Crippen LogP contribution in [0, 0.1) is 0 Å². The highest BCUT2D eigenvalue weighted by atomic mass is 32.1. The molecular formula is C20H23NO5S. The monoisotopic (exact) mass is 389 g/mol. The lowest BCUT2D eigenvalue weighted by molar-refractivity contribution is -0.129. The van der Waals surface area contributed by atoms with Gasteiger partial charge in [0.1, 0.15) is 12.4 Å². The molecule has 1 N–H and O–H groups in total. The van der Waals surface area contributed by atoms with E-state index < -0.39 is 12.1 Å². The van der Waals surface area contributed by atoms with Gasteiger partial charge in [0.15, 0.2) is 6.10 Å². The first kappa shape index (κ1) is 19.4. The Balaban J connectivity index is 1.44. The normalized spacial score (nSPS) is 17.3. The zero-order valence-corrected chi connectivity index (χ0v) is 16.0. The van der Waals surface area contributed by atoms with Gasteiger partial charge in [-0.2, -0.15) is 0 Å². The number of amides is 1. The van der Waals surface area contributed by atoms with Gasteiger partial charge in [0.2, 0.25) is 0 Å². The number of benzene rings is 1. The van der Waals surface area contributed by atoms with Gasteiger partial charge in [-0.15, -0.1) is 11.3 Å². The Kier molecular flexibility index (Phi) is 6.84. The number of ether oxygens (including phenoxy) is 3. The first-order valence-electron chi connectivity index (χ1n) is 8.97. The Hall–Kier alpha value is -2.38. The molecule has 2 heterocycles. The molecule has 1 fully saturated rings. The summed E-state index contributed by atoms with van der Waals surface area (Å²) in [6, 6.07) is 10.5. The van der Waals surface area contributed by atoms with Crippen LogP contribution in [0.4, 0.5) is 0 Å². The lowest BCUT2D eigenvalue weighted by Gasteiger charge is -2.14. The van der Waals surface area contributed by atoms with Crippen molar-refractivity contribution in [1.29, 1.82) is 0 Å². The maximum Gasteiger partial charge on any atom is 0.338 e. The molecule has 1 aromatic heterocycles. The average molecular weight is 389 g/mol. The van der Waals surface area contributed by atoms with E-state index in [0.717, 1.165) is 24.3 Å². The van der Waals surface area contributed by atoms with Gasteiger partial charge < -0.3 is 19.5 Å². The van der Waals surface area contributed by atoms with Gasteiger partial charge in [-0.05, 0) is 55.5 Å². The number of rotatable bonds is 8. The van der Waals surface area contributed by atoms with Crippen LogP contribution in [0.3, 0.4) is 0 Å². The minimum absolute atomic E-state index is 0.142. The highest BCUT2D eigenvalue weighted by Gasteiger charge is 2.19. The predicted octanol–water partition coefficient (Wildman–Crippen LogP) is 3.17.